The summed E-state index contributed by atoms with van der Waals surface area (Å²) in [5.74, 6) is 0.409. The van der Waals surface area contributed by atoms with Crippen LogP contribution in [0.1, 0.15) is 34.3 Å². The zero-order chi connectivity index (χ0) is 23.5. The number of carbonyl (C=O) groups is 2. The van der Waals surface area contributed by atoms with Crippen molar-refractivity contribution < 1.29 is 24.2 Å². The fraction of sp³-hybridized carbons (Fsp3) is 0.214. The van der Waals surface area contributed by atoms with Crippen LogP contribution in [0.5, 0.6) is 11.5 Å². The maximum Gasteiger partial charge on any atom is 0.326 e. The number of benzene rings is 3. The molecule has 0 radical (unpaired) electrons. The second-order valence-electron chi connectivity index (χ2n) is 8.45. The van der Waals surface area contributed by atoms with E-state index in [-0.39, 0.29) is 5.91 Å². The maximum atomic E-state index is 12.9. The Morgan fingerprint density at radius 3 is 2.71 bits per heavy atom. The molecule has 5 rings (SSSR count). The Hall–Kier alpha value is -4.06. The molecule has 2 aliphatic rings. The first kappa shape index (κ1) is 21.8. The topological polar surface area (TPSA) is 76.1 Å². The zero-order valence-corrected chi connectivity index (χ0v) is 18.6. The van der Waals surface area contributed by atoms with Crippen LogP contribution < -0.4 is 9.47 Å². The average Bonchev–Trinajstić information content (AvgIpc) is 3.38. The van der Waals surface area contributed by atoms with Crippen LogP contribution in [0.4, 0.5) is 0 Å². The van der Waals surface area contributed by atoms with Gasteiger partial charge in [-0.1, -0.05) is 48.5 Å². The van der Waals surface area contributed by atoms with E-state index >= 15 is 0 Å². The minimum absolute atomic E-state index is 0.251. The number of rotatable bonds is 6. The van der Waals surface area contributed by atoms with Crippen molar-refractivity contribution in [2.45, 2.75) is 25.5 Å². The molecule has 1 atom stereocenters. The van der Waals surface area contributed by atoms with Gasteiger partial charge in [0, 0.05) is 23.2 Å². The van der Waals surface area contributed by atoms with Crippen molar-refractivity contribution in [3.05, 3.63) is 89.5 Å². The lowest BCUT2D eigenvalue weighted by atomic mass is 10.00. The molecule has 3 aromatic rings. The van der Waals surface area contributed by atoms with Crippen LogP contribution in [-0.4, -0.2) is 41.1 Å². The second kappa shape index (κ2) is 9.43. The summed E-state index contributed by atoms with van der Waals surface area (Å²) in [5.41, 5.74) is 4.49. The van der Waals surface area contributed by atoms with E-state index in [2.05, 4.69) is 6.08 Å². The molecule has 0 aromatic heterocycles. The summed E-state index contributed by atoms with van der Waals surface area (Å²) in [6, 6.07) is 20.4. The number of carboxylic acid groups (broad SMARTS) is 1. The van der Waals surface area contributed by atoms with Crippen LogP contribution in [-0.2, 0) is 11.4 Å². The van der Waals surface area contributed by atoms with Crippen molar-refractivity contribution in [2.75, 3.05) is 13.2 Å². The van der Waals surface area contributed by atoms with Gasteiger partial charge < -0.3 is 19.5 Å². The molecule has 2 heterocycles. The molecule has 0 bridgehead atoms. The van der Waals surface area contributed by atoms with Crippen LogP contribution in [0.3, 0.4) is 0 Å². The van der Waals surface area contributed by atoms with E-state index in [1.165, 1.54) is 4.90 Å². The highest BCUT2D eigenvalue weighted by Crippen LogP contribution is 2.36. The van der Waals surface area contributed by atoms with Gasteiger partial charge in [-0.25, -0.2) is 4.79 Å². The number of carbonyl (C=O) groups excluding carboxylic acids is 1. The number of fused-ring (bicyclic) bond motifs is 1. The van der Waals surface area contributed by atoms with Crippen molar-refractivity contribution in [3.63, 3.8) is 0 Å². The van der Waals surface area contributed by atoms with Gasteiger partial charge in [0.1, 0.15) is 30.8 Å². The molecule has 0 saturated carbocycles. The fourth-order valence-electron chi connectivity index (χ4n) is 4.50. The predicted octanol–water partition coefficient (Wildman–Crippen LogP) is 5.03. The Bertz CT molecular complexity index is 1250. The SMILES string of the molecule is O=C(O)[C@@H]1CCCN1C(=O)c1cccc(COc2ccc(-c3cccc4c3OCC=C4)cc2)c1. The maximum absolute atomic E-state index is 12.9. The number of carboxylic acids is 1. The first-order chi connectivity index (χ1) is 16.6. The van der Waals surface area contributed by atoms with Gasteiger partial charge in [-0.05, 0) is 54.3 Å². The summed E-state index contributed by atoms with van der Waals surface area (Å²) in [7, 11) is 0. The third-order valence-electron chi connectivity index (χ3n) is 6.21. The molecular weight excluding hydrogens is 430 g/mol. The van der Waals surface area contributed by atoms with Crippen molar-refractivity contribution in [1.82, 2.24) is 4.90 Å². The van der Waals surface area contributed by atoms with Gasteiger partial charge in [-0.2, -0.15) is 0 Å². The lowest BCUT2D eigenvalue weighted by Crippen LogP contribution is -2.40. The minimum atomic E-state index is -0.951. The molecule has 172 valence electrons. The van der Waals surface area contributed by atoms with E-state index < -0.39 is 12.0 Å². The van der Waals surface area contributed by atoms with Crippen LogP contribution in [0, 0.1) is 0 Å². The summed E-state index contributed by atoms with van der Waals surface area (Å²) in [5, 5.41) is 9.37. The van der Waals surface area contributed by atoms with Crippen molar-refractivity contribution >= 4 is 18.0 Å². The molecular formula is C28H25NO5. The van der Waals surface area contributed by atoms with E-state index in [1.807, 2.05) is 54.6 Å². The van der Waals surface area contributed by atoms with Gasteiger partial charge in [0.05, 0.1) is 0 Å². The molecule has 1 amide bonds. The minimum Gasteiger partial charge on any atom is -0.489 e. The normalized spacial score (nSPS) is 16.6. The molecule has 2 aliphatic heterocycles. The number of nitrogens with zero attached hydrogens (tertiary/aromatic N) is 1. The molecule has 0 aliphatic carbocycles. The number of likely N-dealkylation sites (tertiary alicyclic amines) is 1. The summed E-state index contributed by atoms with van der Waals surface area (Å²) in [6.45, 7) is 1.34. The number of ether oxygens (including phenoxy) is 2. The monoisotopic (exact) mass is 455 g/mol. The highest BCUT2D eigenvalue weighted by molar-refractivity contribution is 5.97. The summed E-state index contributed by atoms with van der Waals surface area (Å²) < 4.78 is 11.8. The molecule has 34 heavy (non-hydrogen) atoms. The molecule has 1 N–H and O–H groups in total. The van der Waals surface area contributed by atoms with Crippen LogP contribution >= 0.6 is 0 Å². The van der Waals surface area contributed by atoms with E-state index in [0.717, 1.165) is 33.8 Å². The molecule has 6 heteroatoms. The lowest BCUT2D eigenvalue weighted by molar-refractivity contribution is -0.141. The van der Waals surface area contributed by atoms with Crippen LogP contribution in [0.25, 0.3) is 17.2 Å². The lowest BCUT2D eigenvalue weighted by Gasteiger charge is -2.21. The second-order valence-corrected chi connectivity index (χ2v) is 8.45. The number of para-hydroxylation sites is 1. The third kappa shape index (κ3) is 4.39. The summed E-state index contributed by atoms with van der Waals surface area (Å²) in [4.78, 5) is 25.8. The average molecular weight is 456 g/mol. The third-order valence-corrected chi connectivity index (χ3v) is 6.21. The van der Waals surface area contributed by atoms with E-state index in [4.69, 9.17) is 9.47 Å². The first-order valence-corrected chi connectivity index (χ1v) is 11.4. The van der Waals surface area contributed by atoms with E-state index in [0.29, 0.717) is 38.2 Å². The van der Waals surface area contributed by atoms with Gasteiger partial charge in [-0.15, -0.1) is 0 Å². The van der Waals surface area contributed by atoms with E-state index in [9.17, 15) is 14.7 Å². The molecule has 6 nitrogen and oxygen atoms in total. The highest BCUT2D eigenvalue weighted by Gasteiger charge is 2.34. The number of amides is 1. The highest BCUT2D eigenvalue weighted by atomic mass is 16.5. The van der Waals surface area contributed by atoms with Crippen molar-refractivity contribution in [3.8, 4) is 22.6 Å². The van der Waals surface area contributed by atoms with Gasteiger partial charge in [0.25, 0.3) is 5.91 Å². The fourth-order valence-corrected chi connectivity index (χ4v) is 4.50. The molecule has 0 unspecified atom stereocenters. The number of hydrogen-bond acceptors (Lipinski definition) is 4. The first-order valence-electron chi connectivity index (χ1n) is 11.4. The largest absolute Gasteiger partial charge is 0.489 e. The van der Waals surface area contributed by atoms with Crippen LogP contribution in [0.2, 0.25) is 0 Å². The van der Waals surface area contributed by atoms with E-state index in [1.54, 1.807) is 18.2 Å². The molecule has 3 aromatic carbocycles. The van der Waals surface area contributed by atoms with Gasteiger partial charge in [-0.3, -0.25) is 4.79 Å². The Morgan fingerprint density at radius 1 is 1.06 bits per heavy atom. The smallest absolute Gasteiger partial charge is 0.326 e. The number of aliphatic carboxylic acids is 1. The quantitative estimate of drug-likeness (QED) is 0.564. The summed E-state index contributed by atoms with van der Waals surface area (Å²) in [6.07, 6.45) is 5.27. The van der Waals surface area contributed by atoms with Crippen molar-refractivity contribution in [1.29, 1.82) is 0 Å². The van der Waals surface area contributed by atoms with Gasteiger partial charge >= 0.3 is 5.97 Å². The van der Waals surface area contributed by atoms with Gasteiger partial charge in [0.15, 0.2) is 0 Å². The molecule has 1 saturated heterocycles. The zero-order valence-electron chi connectivity index (χ0n) is 18.6. The van der Waals surface area contributed by atoms with Crippen LogP contribution in [0.15, 0.2) is 72.8 Å². The molecule has 0 spiro atoms. The predicted molar refractivity (Wildman–Crippen MR) is 129 cm³/mol. The number of hydrogen-bond donors (Lipinski definition) is 1. The Labute approximate surface area is 198 Å². The molecule has 1 fully saturated rings. The Kier molecular flexibility index (Phi) is 6.04. The Balaban J connectivity index is 1.26. The van der Waals surface area contributed by atoms with Gasteiger partial charge in [0.2, 0.25) is 0 Å². The standard InChI is InChI=1S/C28H25NO5/c30-27(29-15-3-10-25(29)28(31)32)22-7-1-5-19(17-22)18-34-23-13-11-20(12-14-23)24-9-2-6-21-8-4-16-33-26(21)24/h1-2,4-9,11-14,17,25H,3,10,15-16,18H2,(H,31,32)/t25-/m0/s1. The Morgan fingerprint density at radius 2 is 1.88 bits per heavy atom. The van der Waals surface area contributed by atoms with Crippen molar-refractivity contribution in [2.24, 2.45) is 0 Å². The summed E-state index contributed by atoms with van der Waals surface area (Å²) >= 11 is 0.